The summed E-state index contributed by atoms with van der Waals surface area (Å²) in [6.07, 6.45) is 0. The fraction of sp³-hybridized carbons (Fsp3) is 0.333. The van der Waals surface area contributed by atoms with Gasteiger partial charge < -0.3 is 20.3 Å². The molecule has 1 aromatic carbocycles. The fourth-order valence-corrected chi connectivity index (χ4v) is 2.19. The zero-order chi connectivity index (χ0) is 19.1. The van der Waals surface area contributed by atoms with Crippen molar-refractivity contribution in [3.63, 3.8) is 0 Å². The number of esters is 1. The smallest absolute Gasteiger partial charge is 0.337 e. The average molecular weight is 357 g/mol. The van der Waals surface area contributed by atoms with E-state index in [1.807, 2.05) is 19.0 Å². The van der Waals surface area contributed by atoms with E-state index in [0.717, 1.165) is 6.54 Å². The monoisotopic (exact) mass is 357 g/mol. The van der Waals surface area contributed by atoms with E-state index in [1.165, 1.54) is 7.11 Å². The van der Waals surface area contributed by atoms with Crippen molar-refractivity contribution in [3.05, 3.63) is 47.3 Å². The molecule has 26 heavy (non-hydrogen) atoms. The van der Waals surface area contributed by atoms with Gasteiger partial charge in [0.05, 0.1) is 12.7 Å². The Morgan fingerprint density at radius 3 is 2.65 bits per heavy atom. The lowest BCUT2D eigenvalue weighted by atomic mass is 10.2. The summed E-state index contributed by atoms with van der Waals surface area (Å²) in [6.45, 7) is 3.28. The number of likely N-dealkylation sites (N-methyl/N-ethyl adjacent to an activating group) is 1. The molecular formula is C18H23N5O3. The molecule has 0 unspecified atom stereocenters. The molecule has 2 rings (SSSR count). The lowest BCUT2D eigenvalue weighted by molar-refractivity contribution is 0.0600. The van der Waals surface area contributed by atoms with Gasteiger partial charge in [0.2, 0.25) is 5.95 Å². The lowest BCUT2D eigenvalue weighted by Crippen LogP contribution is -2.22. The van der Waals surface area contributed by atoms with Crippen LogP contribution in [-0.2, 0) is 4.74 Å². The molecule has 0 saturated heterocycles. The van der Waals surface area contributed by atoms with E-state index in [2.05, 4.69) is 25.3 Å². The lowest BCUT2D eigenvalue weighted by Gasteiger charge is -2.12. The Morgan fingerprint density at radius 2 is 1.96 bits per heavy atom. The number of carbonyl (C=O) groups excluding carboxylic acids is 2. The van der Waals surface area contributed by atoms with Crippen LogP contribution in [0, 0.1) is 6.92 Å². The zero-order valence-corrected chi connectivity index (χ0v) is 15.4. The second-order valence-corrected chi connectivity index (χ2v) is 5.97. The quantitative estimate of drug-likeness (QED) is 0.729. The number of benzene rings is 1. The summed E-state index contributed by atoms with van der Waals surface area (Å²) in [5.41, 5.74) is 1.76. The molecule has 0 aliphatic rings. The van der Waals surface area contributed by atoms with E-state index in [9.17, 15) is 9.59 Å². The maximum atomic E-state index is 12.5. The molecule has 138 valence electrons. The highest BCUT2D eigenvalue weighted by Gasteiger charge is 2.12. The second kappa shape index (κ2) is 8.91. The van der Waals surface area contributed by atoms with Crippen LogP contribution in [0.5, 0.6) is 0 Å². The minimum absolute atomic E-state index is 0.244. The van der Waals surface area contributed by atoms with Crippen LogP contribution in [0.25, 0.3) is 0 Å². The summed E-state index contributed by atoms with van der Waals surface area (Å²) in [6, 6.07) is 8.13. The summed E-state index contributed by atoms with van der Waals surface area (Å²) < 4.78 is 4.68. The van der Waals surface area contributed by atoms with E-state index >= 15 is 0 Å². The number of nitrogens with one attached hydrogen (secondary N) is 2. The van der Waals surface area contributed by atoms with Gasteiger partial charge in [-0.2, -0.15) is 0 Å². The molecule has 2 aromatic rings. The van der Waals surface area contributed by atoms with E-state index in [1.54, 1.807) is 37.3 Å². The minimum Gasteiger partial charge on any atom is -0.465 e. The standard InChI is InChI=1S/C18H23N5O3/c1-12-10-15(22-18(20-12)19-8-9-23(2)3)16(24)21-14-7-5-6-13(11-14)17(25)26-4/h5-7,10-11H,8-9H2,1-4H3,(H,21,24)(H,19,20,22). The van der Waals surface area contributed by atoms with Crippen LogP contribution in [0.15, 0.2) is 30.3 Å². The highest BCUT2D eigenvalue weighted by Crippen LogP contribution is 2.13. The Bertz CT molecular complexity index is 792. The summed E-state index contributed by atoms with van der Waals surface area (Å²) in [7, 11) is 5.25. The van der Waals surface area contributed by atoms with Gasteiger partial charge in [0, 0.05) is 24.5 Å². The van der Waals surface area contributed by atoms with Gasteiger partial charge in [-0.15, -0.1) is 0 Å². The van der Waals surface area contributed by atoms with Gasteiger partial charge in [-0.3, -0.25) is 4.79 Å². The van der Waals surface area contributed by atoms with Gasteiger partial charge in [-0.25, -0.2) is 14.8 Å². The average Bonchev–Trinajstić information content (AvgIpc) is 2.60. The molecule has 0 saturated carbocycles. The third-order valence-electron chi connectivity index (χ3n) is 3.47. The first-order valence-corrected chi connectivity index (χ1v) is 8.13. The number of carbonyl (C=O) groups is 2. The molecule has 0 fully saturated rings. The first-order chi connectivity index (χ1) is 12.4. The summed E-state index contributed by atoms with van der Waals surface area (Å²) in [4.78, 5) is 34.7. The van der Waals surface area contributed by atoms with Crippen molar-refractivity contribution in [2.45, 2.75) is 6.92 Å². The van der Waals surface area contributed by atoms with E-state index < -0.39 is 5.97 Å². The summed E-state index contributed by atoms with van der Waals surface area (Å²) in [5.74, 6) is -0.445. The zero-order valence-electron chi connectivity index (χ0n) is 15.4. The topological polar surface area (TPSA) is 96.4 Å². The molecule has 0 atom stereocenters. The number of hydrogen-bond donors (Lipinski definition) is 2. The molecule has 0 radical (unpaired) electrons. The number of anilines is 2. The Kier molecular flexibility index (Phi) is 6.62. The van der Waals surface area contributed by atoms with Crippen LogP contribution >= 0.6 is 0 Å². The number of aryl methyl sites for hydroxylation is 1. The van der Waals surface area contributed by atoms with Gasteiger partial charge in [0.1, 0.15) is 5.69 Å². The minimum atomic E-state index is -0.466. The number of methoxy groups -OCH3 is 1. The molecular weight excluding hydrogens is 334 g/mol. The second-order valence-electron chi connectivity index (χ2n) is 5.97. The molecule has 0 spiro atoms. The number of nitrogens with zero attached hydrogens (tertiary/aromatic N) is 3. The Balaban J connectivity index is 2.11. The van der Waals surface area contributed by atoms with Crippen LogP contribution in [-0.4, -0.2) is 61.0 Å². The molecule has 0 aliphatic heterocycles. The number of amides is 1. The number of aromatic nitrogens is 2. The molecule has 0 bridgehead atoms. The van der Waals surface area contributed by atoms with Crippen molar-refractivity contribution in [2.75, 3.05) is 44.9 Å². The Hall–Kier alpha value is -3.00. The normalized spacial score (nSPS) is 10.5. The first kappa shape index (κ1) is 19.3. The largest absolute Gasteiger partial charge is 0.465 e. The van der Waals surface area contributed by atoms with Crippen LogP contribution in [0.4, 0.5) is 11.6 Å². The van der Waals surface area contributed by atoms with Crippen molar-refractivity contribution in [2.24, 2.45) is 0 Å². The van der Waals surface area contributed by atoms with E-state index in [4.69, 9.17) is 0 Å². The Morgan fingerprint density at radius 1 is 1.19 bits per heavy atom. The van der Waals surface area contributed by atoms with Crippen molar-refractivity contribution in [1.82, 2.24) is 14.9 Å². The fourth-order valence-electron chi connectivity index (χ4n) is 2.19. The molecule has 2 N–H and O–H groups in total. The van der Waals surface area contributed by atoms with Gasteiger partial charge in [0.15, 0.2) is 0 Å². The summed E-state index contributed by atoms with van der Waals surface area (Å²) in [5, 5.41) is 5.84. The molecule has 1 amide bonds. The molecule has 1 aromatic heterocycles. The van der Waals surface area contributed by atoms with Crippen LogP contribution in [0.3, 0.4) is 0 Å². The van der Waals surface area contributed by atoms with Gasteiger partial charge >= 0.3 is 5.97 Å². The predicted molar refractivity (Wildman–Crippen MR) is 99.5 cm³/mol. The predicted octanol–water partition coefficient (Wildman–Crippen LogP) is 1.80. The summed E-state index contributed by atoms with van der Waals surface area (Å²) >= 11 is 0. The number of rotatable bonds is 7. The van der Waals surface area contributed by atoms with Crippen molar-refractivity contribution in [3.8, 4) is 0 Å². The number of ether oxygens (including phenoxy) is 1. The van der Waals surface area contributed by atoms with Crippen LogP contribution in [0.1, 0.15) is 26.5 Å². The maximum Gasteiger partial charge on any atom is 0.337 e. The van der Waals surface area contributed by atoms with E-state index in [-0.39, 0.29) is 11.6 Å². The maximum absolute atomic E-state index is 12.5. The van der Waals surface area contributed by atoms with Gasteiger partial charge in [0.25, 0.3) is 5.91 Å². The van der Waals surface area contributed by atoms with Crippen LogP contribution < -0.4 is 10.6 Å². The van der Waals surface area contributed by atoms with Crippen molar-refractivity contribution < 1.29 is 14.3 Å². The third-order valence-corrected chi connectivity index (χ3v) is 3.47. The van der Waals surface area contributed by atoms with E-state index in [0.29, 0.717) is 29.4 Å². The third kappa shape index (κ3) is 5.52. The van der Waals surface area contributed by atoms with Crippen molar-refractivity contribution >= 4 is 23.5 Å². The molecule has 0 aliphatic carbocycles. The SMILES string of the molecule is COC(=O)c1cccc(NC(=O)c2cc(C)nc(NCCN(C)C)n2)c1. The molecule has 1 heterocycles. The highest BCUT2D eigenvalue weighted by atomic mass is 16.5. The van der Waals surface area contributed by atoms with Gasteiger partial charge in [-0.05, 0) is 45.3 Å². The Labute approximate surface area is 152 Å². The van der Waals surface area contributed by atoms with Crippen LogP contribution in [0.2, 0.25) is 0 Å². The molecule has 8 heteroatoms. The van der Waals surface area contributed by atoms with Crippen molar-refractivity contribution in [1.29, 1.82) is 0 Å². The number of hydrogen-bond acceptors (Lipinski definition) is 7. The van der Waals surface area contributed by atoms with Gasteiger partial charge in [-0.1, -0.05) is 6.07 Å². The molecule has 8 nitrogen and oxygen atoms in total. The first-order valence-electron chi connectivity index (χ1n) is 8.13. The highest BCUT2D eigenvalue weighted by molar-refractivity contribution is 6.03.